The Morgan fingerprint density at radius 2 is 2.00 bits per heavy atom. The first-order valence-corrected chi connectivity index (χ1v) is 4.34. The average molecular weight is 178 g/mol. The second kappa shape index (κ2) is 4.19. The molecule has 2 heteroatoms. The molecular weight excluding hydrogens is 164 g/mol. The second-order valence-corrected chi connectivity index (χ2v) is 3.53. The molecule has 0 aromatic heterocycles. The Labute approximate surface area is 78.2 Å². The number of carbonyl (C=O) groups excluding carboxylic acids is 1. The van der Waals surface area contributed by atoms with Crippen LogP contribution in [0.4, 0.5) is 0 Å². The standard InChI is InChI=1S/C11H14O2/c1-11(13,7-8-12)9-10-5-3-2-4-6-10/h2-6,8,13H,7,9H2,1H3. The molecule has 1 atom stereocenters. The topological polar surface area (TPSA) is 37.3 Å². The number of hydrogen-bond donors (Lipinski definition) is 1. The highest BCUT2D eigenvalue weighted by Gasteiger charge is 2.19. The van der Waals surface area contributed by atoms with E-state index in [4.69, 9.17) is 0 Å². The largest absolute Gasteiger partial charge is 0.389 e. The Morgan fingerprint density at radius 3 is 2.54 bits per heavy atom. The van der Waals surface area contributed by atoms with Crippen LogP contribution in [0.1, 0.15) is 18.9 Å². The van der Waals surface area contributed by atoms with Gasteiger partial charge in [0.2, 0.25) is 0 Å². The summed E-state index contributed by atoms with van der Waals surface area (Å²) >= 11 is 0. The molecule has 0 aliphatic carbocycles. The zero-order chi connectivity index (χ0) is 9.73. The van der Waals surface area contributed by atoms with Crippen molar-refractivity contribution in [3.05, 3.63) is 35.9 Å². The Balaban J connectivity index is 2.63. The summed E-state index contributed by atoms with van der Waals surface area (Å²) in [5.41, 5.74) is 0.137. The van der Waals surface area contributed by atoms with Gasteiger partial charge < -0.3 is 9.90 Å². The lowest BCUT2D eigenvalue weighted by Gasteiger charge is -2.20. The Hall–Kier alpha value is -1.15. The Kier molecular flexibility index (Phi) is 3.20. The molecule has 0 heterocycles. The number of carbonyl (C=O) groups is 1. The van der Waals surface area contributed by atoms with Gasteiger partial charge in [-0.25, -0.2) is 0 Å². The summed E-state index contributed by atoms with van der Waals surface area (Å²) in [4.78, 5) is 10.3. The van der Waals surface area contributed by atoms with Gasteiger partial charge in [-0.15, -0.1) is 0 Å². The van der Waals surface area contributed by atoms with Crippen molar-refractivity contribution in [2.75, 3.05) is 0 Å². The van der Waals surface area contributed by atoms with E-state index in [2.05, 4.69) is 0 Å². The van der Waals surface area contributed by atoms with Crippen molar-refractivity contribution >= 4 is 6.29 Å². The van der Waals surface area contributed by atoms with Crippen LogP contribution in [-0.4, -0.2) is 17.0 Å². The third kappa shape index (κ3) is 3.38. The van der Waals surface area contributed by atoms with Crippen LogP contribution in [0, 0.1) is 0 Å². The van der Waals surface area contributed by atoms with E-state index in [0.29, 0.717) is 6.42 Å². The molecule has 1 rings (SSSR count). The number of rotatable bonds is 4. The Morgan fingerprint density at radius 1 is 1.38 bits per heavy atom. The van der Waals surface area contributed by atoms with Gasteiger partial charge >= 0.3 is 0 Å². The summed E-state index contributed by atoms with van der Waals surface area (Å²) in [7, 11) is 0. The third-order valence-electron chi connectivity index (χ3n) is 1.95. The number of aldehydes is 1. The fourth-order valence-electron chi connectivity index (χ4n) is 1.29. The van der Waals surface area contributed by atoms with E-state index < -0.39 is 5.60 Å². The van der Waals surface area contributed by atoms with Gasteiger partial charge in [0.15, 0.2) is 0 Å². The monoisotopic (exact) mass is 178 g/mol. The summed E-state index contributed by atoms with van der Waals surface area (Å²) in [5, 5.41) is 9.74. The molecule has 0 amide bonds. The highest BCUT2D eigenvalue weighted by molar-refractivity contribution is 5.51. The van der Waals surface area contributed by atoms with Crippen LogP contribution in [0.5, 0.6) is 0 Å². The molecule has 13 heavy (non-hydrogen) atoms. The smallest absolute Gasteiger partial charge is 0.122 e. The molecule has 0 bridgehead atoms. The van der Waals surface area contributed by atoms with Gasteiger partial charge in [-0.05, 0) is 12.5 Å². The minimum atomic E-state index is -0.914. The molecule has 2 nitrogen and oxygen atoms in total. The number of aliphatic hydroxyl groups is 1. The van der Waals surface area contributed by atoms with E-state index in [-0.39, 0.29) is 6.42 Å². The maximum atomic E-state index is 10.3. The molecule has 0 saturated heterocycles. The van der Waals surface area contributed by atoms with Gasteiger partial charge in [0.1, 0.15) is 6.29 Å². The molecule has 0 fully saturated rings. The first-order valence-electron chi connectivity index (χ1n) is 4.34. The molecule has 0 saturated carbocycles. The third-order valence-corrected chi connectivity index (χ3v) is 1.95. The zero-order valence-electron chi connectivity index (χ0n) is 7.73. The lowest BCUT2D eigenvalue weighted by Crippen LogP contribution is -2.27. The number of hydrogen-bond acceptors (Lipinski definition) is 2. The van der Waals surface area contributed by atoms with E-state index in [1.165, 1.54) is 0 Å². The SMILES string of the molecule is CC(O)(CC=O)Cc1ccccc1. The van der Waals surface area contributed by atoms with Crippen LogP contribution in [0.3, 0.4) is 0 Å². The van der Waals surface area contributed by atoms with Crippen LogP contribution in [0.2, 0.25) is 0 Å². The van der Waals surface area contributed by atoms with Gasteiger partial charge in [-0.3, -0.25) is 0 Å². The molecule has 0 aliphatic heterocycles. The summed E-state index contributed by atoms with van der Waals surface area (Å²) in [6.45, 7) is 1.68. The molecule has 0 spiro atoms. The van der Waals surface area contributed by atoms with Crippen molar-refractivity contribution in [2.45, 2.75) is 25.4 Å². The van der Waals surface area contributed by atoms with Crippen molar-refractivity contribution in [3.8, 4) is 0 Å². The maximum absolute atomic E-state index is 10.3. The van der Waals surface area contributed by atoms with Crippen LogP contribution in [-0.2, 0) is 11.2 Å². The van der Waals surface area contributed by atoms with Gasteiger partial charge in [-0.2, -0.15) is 0 Å². The summed E-state index contributed by atoms with van der Waals surface area (Å²) < 4.78 is 0. The molecule has 1 aromatic carbocycles. The predicted octanol–water partition coefficient (Wildman–Crippen LogP) is 1.57. The highest BCUT2D eigenvalue weighted by Crippen LogP contribution is 2.15. The lowest BCUT2D eigenvalue weighted by molar-refractivity contribution is -0.111. The van der Waals surface area contributed by atoms with E-state index in [0.717, 1.165) is 11.8 Å². The molecule has 0 radical (unpaired) electrons. The van der Waals surface area contributed by atoms with Crippen molar-refractivity contribution in [2.24, 2.45) is 0 Å². The normalized spacial score (nSPS) is 14.9. The Bertz CT molecular complexity index is 265. The minimum Gasteiger partial charge on any atom is -0.389 e. The lowest BCUT2D eigenvalue weighted by atomic mass is 9.94. The fourth-order valence-corrected chi connectivity index (χ4v) is 1.29. The van der Waals surface area contributed by atoms with Crippen LogP contribution in [0.15, 0.2) is 30.3 Å². The maximum Gasteiger partial charge on any atom is 0.122 e. The van der Waals surface area contributed by atoms with E-state index in [9.17, 15) is 9.90 Å². The van der Waals surface area contributed by atoms with Crippen molar-refractivity contribution < 1.29 is 9.90 Å². The minimum absolute atomic E-state index is 0.182. The van der Waals surface area contributed by atoms with Crippen molar-refractivity contribution in [3.63, 3.8) is 0 Å². The van der Waals surface area contributed by atoms with Crippen molar-refractivity contribution in [1.82, 2.24) is 0 Å². The predicted molar refractivity (Wildman–Crippen MR) is 51.5 cm³/mol. The fraction of sp³-hybridized carbons (Fsp3) is 0.364. The highest BCUT2D eigenvalue weighted by atomic mass is 16.3. The van der Waals surface area contributed by atoms with Crippen LogP contribution < -0.4 is 0 Å². The molecule has 1 N–H and O–H groups in total. The van der Waals surface area contributed by atoms with Gasteiger partial charge in [-0.1, -0.05) is 30.3 Å². The zero-order valence-corrected chi connectivity index (χ0v) is 7.73. The molecule has 0 aliphatic rings. The van der Waals surface area contributed by atoms with Gasteiger partial charge in [0.05, 0.1) is 5.60 Å². The van der Waals surface area contributed by atoms with Gasteiger partial charge in [0.25, 0.3) is 0 Å². The first-order chi connectivity index (χ1) is 6.14. The summed E-state index contributed by atoms with van der Waals surface area (Å²) in [6.07, 6.45) is 1.46. The van der Waals surface area contributed by atoms with Crippen molar-refractivity contribution in [1.29, 1.82) is 0 Å². The summed E-state index contributed by atoms with van der Waals surface area (Å²) in [5.74, 6) is 0. The molecule has 70 valence electrons. The van der Waals surface area contributed by atoms with Gasteiger partial charge in [0, 0.05) is 12.8 Å². The van der Waals surface area contributed by atoms with E-state index in [1.54, 1.807) is 6.92 Å². The quantitative estimate of drug-likeness (QED) is 0.710. The van der Waals surface area contributed by atoms with E-state index in [1.807, 2.05) is 30.3 Å². The van der Waals surface area contributed by atoms with Crippen LogP contribution >= 0.6 is 0 Å². The molecule has 1 aromatic rings. The molecule has 1 unspecified atom stereocenters. The average Bonchev–Trinajstić information content (AvgIpc) is 2.04. The van der Waals surface area contributed by atoms with Crippen LogP contribution in [0.25, 0.3) is 0 Å². The first kappa shape index (κ1) is 9.93. The number of benzene rings is 1. The summed E-state index contributed by atoms with van der Waals surface area (Å²) in [6, 6.07) is 9.66. The second-order valence-electron chi connectivity index (χ2n) is 3.53. The van der Waals surface area contributed by atoms with E-state index >= 15 is 0 Å². The molecular formula is C11H14O2.